The quantitative estimate of drug-likeness (QED) is 0.778. The molecule has 0 unspecified atom stereocenters. The fourth-order valence-corrected chi connectivity index (χ4v) is 4.36. The Morgan fingerprint density at radius 1 is 1.17 bits per heavy atom. The van der Waals surface area contributed by atoms with Crippen molar-refractivity contribution in [3.05, 3.63) is 35.6 Å². The summed E-state index contributed by atoms with van der Waals surface area (Å²) in [5, 5.41) is 0. The summed E-state index contributed by atoms with van der Waals surface area (Å²) in [7, 11) is 0. The van der Waals surface area contributed by atoms with E-state index in [9.17, 15) is 9.18 Å². The van der Waals surface area contributed by atoms with Gasteiger partial charge in [0.1, 0.15) is 12.4 Å². The van der Waals surface area contributed by atoms with Crippen LogP contribution in [-0.2, 0) is 14.9 Å². The van der Waals surface area contributed by atoms with Gasteiger partial charge in [-0.25, -0.2) is 4.39 Å². The van der Waals surface area contributed by atoms with Crippen molar-refractivity contribution >= 4 is 5.97 Å². The summed E-state index contributed by atoms with van der Waals surface area (Å²) in [6.07, 6.45) is 8.22. The van der Waals surface area contributed by atoms with Gasteiger partial charge in [0.2, 0.25) is 0 Å². The van der Waals surface area contributed by atoms with Gasteiger partial charge in [-0.15, -0.1) is 0 Å². The van der Waals surface area contributed by atoms with Crippen LogP contribution in [0.15, 0.2) is 24.3 Å². The molecular weight excluding hydrogens is 305 g/mol. The molecule has 2 fully saturated rings. The minimum atomic E-state index is -0.241. The summed E-state index contributed by atoms with van der Waals surface area (Å²) in [6.45, 7) is 4.30. The van der Waals surface area contributed by atoms with Gasteiger partial charge in [0, 0.05) is 18.4 Å². The van der Waals surface area contributed by atoms with Gasteiger partial charge in [-0.1, -0.05) is 18.6 Å². The summed E-state index contributed by atoms with van der Waals surface area (Å²) in [6, 6.07) is 7.40. The highest BCUT2D eigenvalue weighted by Crippen LogP contribution is 2.41. The standard InChI is InChI=1S/C20H28FNO2/c1-16(23)24-15-20(17-5-7-18(21)8-6-17)11-9-19(10-12-20)22-13-3-2-4-14-22/h5-8,19H,2-4,9-15H2,1H3. The Morgan fingerprint density at radius 2 is 1.79 bits per heavy atom. The first kappa shape index (κ1) is 17.4. The molecule has 4 heteroatoms. The highest BCUT2D eigenvalue weighted by molar-refractivity contribution is 5.66. The maximum Gasteiger partial charge on any atom is 0.302 e. The molecule has 1 aliphatic heterocycles. The predicted octanol–water partition coefficient (Wildman–Crippen LogP) is 4.06. The predicted molar refractivity (Wildman–Crippen MR) is 92.4 cm³/mol. The van der Waals surface area contributed by atoms with Gasteiger partial charge < -0.3 is 9.64 Å². The van der Waals surface area contributed by atoms with Crippen LogP contribution in [0.25, 0.3) is 0 Å². The molecule has 0 amide bonds. The third kappa shape index (κ3) is 3.97. The SMILES string of the molecule is CC(=O)OCC1(c2ccc(F)cc2)CCC(N2CCCCC2)CC1. The number of carbonyl (C=O) groups excluding carboxylic acids is 1. The van der Waals surface area contributed by atoms with Crippen molar-refractivity contribution in [1.82, 2.24) is 4.90 Å². The molecule has 0 bridgehead atoms. The van der Waals surface area contributed by atoms with Crippen molar-refractivity contribution < 1.29 is 13.9 Å². The first-order valence-electron chi connectivity index (χ1n) is 9.23. The third-order valence-corrected chi connectivity index (χ3v) is 5.83. The molecule has 2 aliphatic rings. The van der Waals surface area contributed by atoms with Gasteiger partial charge in [0.25, 0.3) is 0 Å². The van der Waals surface area contributed by atoms with Gasteiger partial charge >= 0.3 is 5.97 Å². The van der Waals surface area contributed by atoms with Crippen molar-refractivity contribution in [1.29, 1.82) is 0 Å². The van der Waals surface area contributed by atoms with Crippen molar-refractivity contribution in [2.75, 3.05) is 19.7 Å². The van der Waals surface area contributed by atoms with Crippen molar-refractivity contribution in [3.63, 3.8) is 0 Å². The van der Waals surface area contributed by atoms with E-state index < -0.39 is 0 Å². The number of halogens is 1. The molecule has 0 atom stereocenters. The number of hydrogen-bond acceptors (Lipinski definition) is 3. The molecular formula is C20H28FNO2. The monoisotopic (exact) mass is 333 g/mol. The van der Waals surface area contributed by atoms with Crippen LogP contribution in [0.4, 0.5) is 4.39 Å². The van der Waals surface area contributed by atoms with E-state index in [2.05, 4.69) is 4.90 Å². The zero-order valence-corrected chi connectivity index (χ0v) is 14.6. The molecule has 1 aliphatic carbocycles. The van der Waals surface area contributed by atoms with Crippen LogP contribution >= 0.6 is 0 Å². The fraction of sp³-hybridized carbons (Fsp3) is 0.650. The average Bonchev–Trinajstić information content (AvgIpc) is 2.62. The fourth-order valence-electron chi connectivity index (χ4n) is 4.36. The highest BCUT2D eigenvalue weighted by Gasteiger charge is 2.39. The molecule has 1 saturated carbocycles. The average molecular weight is 333 g/mol. The number of rotatable bonds is 4. The van der Waals surface area contributed by atoms with E-state index in [0.717, 1.165) is 31.2 Å². The Morgan fingerprint density at radius 3 is 2.38 bits per heavy atom. The van der Waals surface area contributed by atoms with Crippen molar-refractivity contribution in [2.45, 2.75) is 63.3 Å². The lowest BCUT2D eigenvalue weighted by molar-refractivity contribution is -0.143. The number of carbonyl (C=O) groups is 1. The van der Waals surface area contributed by atoms with Gasteiger partial charge in [-0.3, -0.25) is 4.79 Å². The van der Waals surface area contributed by atoms with E-state index in [0.29, 0.717) is 12.6 Å². The van der Waals surface area contributed by atoms with Crippen LogP contribution < -0.4 is 0 Å². The van der Waals surface area contributed by atoms with Gasteiger partial charge in [0.15, 0.2) is 0 Å². The molecule has 0 spiro atoms. The smallest absolute Gasteiger partial charge is 0.302 e. The summed E-state index contributed by atoms with van der Waals surface area (Å²) in [5.41, 5.74) is 0.938. The van der Waals surface area contributed by atoms with Crippen LogP contribution in [-0.4, -0.2) is 36.6 Å². The number of esters is 1. The largest absolute Gasteiger partial charge is 0.465 e. The Hall–Kier alpha value is -1.42. The Bertz CT molecular complexity index is 543. The second kappa shape index (κ2) is 7.64. The first-order valence-corrected chi connectivity index (χ1v) is 9.23. The van der Waals surface area contributed by atoms with Crippen LogP contribution in [0.2, 0.25) is 0 Å². The summed E-state index contributed by atoms with van der Waals surface area (Å²) >= 11 is 0. The number of piperidine rings is 1. The van der Waals surface area contributed by atoms with E-state index >= 15 is 0 Å². The van der Waals surface area contributed by atoms with E-state index in [4.69, 9.17) is 4.74 Å². The molecule has 0 aromatic heterocycles. The molecule has 1 heterocycles. The summed E-state index contributed by atoms with van der Waals surface area (Å²) in [5.74, 6) is -0.460. The Kier molecular flexibility index (Phi) is 5.54. The van der Waals surface area contributed by atoms with E-state index in [1.54, 1.807) is 0 Å². The van der Waals surface area contributed by atoms with E-state index in [-0.39, 0.29) is 17.2 Å². The number of ether oxygens (including phenoxy) is 1. The minimum Gasteiger partial charge on any atom is -0.465 e. The molecule has 1 aromatic carbocycles. The number of nitrogens with zero attached hydrogens (tertiary/aromatic N) is 1. The second-order valence-corrected chi connectivity index (χ2v) is 7.40. The zero-order chi connectivity index (χ0) is 17.0. The lowest BCUT2D eigenvalue weighted by Crippen LogP contribution is -2.46. The van der Waals surface area contributed by atoms with Crippen LogP contribution in [0.5, 0.6) is 0 Å². The van der Waals surface area contributed by atoms with Gasteiger partial charge in [0.05, 0.1) is 0 Å². The molecule has 1 aromatic rings. The second-order valence-electron chi connectivity index (χ2n) is 7.40. The molecule has 3 nitrogen and oxygen atoms in total. The molecule has 0 radical (unpaired) electrons. The van der Waals surface area contributed by atoms with E-state index in [1.165, 1.54) is 51.4 Å². The summed E-state index contributed by atoms with van der Waals surface area (Å²) in [4.78, 5) is 14.0. The highest BCUT2D eigenvalue weighted by atomic mass is 19.1. The zero-order valence-electron chi connectivity index (χ0n) is 14.6. The van der Waals surface area contributed by atoms with Crippen LogP contribution in [0.3, 0.4) is 0 Å². The number of likely N-dealkylation sites (tertiary alicyclic amines) is 1. The summed E-state index contributed by atoms with van der Waals surface area (Å²) < 4.78 is 18.7. The Labute approximate surface area is 144 Å². The maximum atomic E-state index is 13.3. The Balaban J connectivity index is 1.72. The van der Waals surface area contributed by atoms with E-state index in [1.807, 2.05) is 12.1 Å². The number of hydrogen-bond donors (Lipinski definition) is 0. The number of benzene rings is 1. The first-order chi connectivity index (χ1) is 11.6. The molecule has 1 saturated heterocycles. The minimum absolute atomic E-state index is 0.161. The topological polar surface area (TPSA) is 29.5 Å². The molecule has 3 rings (SSSR count). The lowest BCUT2D eigenvalue weighted by atomic mass is 9.68. The normalized spacial score (nSPS) is 28.5. The molecule has 132 valence electrons. The lowest BCUT2D eigenvalue weighted by Gasteiger charge is -2.44. The van der Waals surface area contributed by atoms with Crippen LogP contribution in [0.1, 0.15) is 57.4 Å². The third-order valence-electron chi connectivity index (χ3n) is 5.83. The van der Waals surface area contributed by atoms with Crippen molar-refractivity contribution in [2.24, 2.45) is 0 Å². The maximum absolute atomic E-state index is 13.3. The van der Waals surface area contributed by atoms with Gasteiger partial charge in [-0.05, 0) is 69.3 Å². The molecule has 24 heavy (non-hydrogen) atoms. The van der Waals surface area contributed by atoms with Gasteiger partial charge in [-0.2, -0.15) is 0 Å². The molecule has 0 N–H and O–H groups in total. The van der Waals surface area contributed by atoms with Crippen LogP contribution in [0, 0.1) is 5.82 Å². The van der Waals surface area contributed by atoms with Crippen molar-refractivity contribution in [3.8, 4) is 0 Å².